The smallest absolute Gasteiger partial charge is 0.279 e. The Kier molecular flexibility index (Phi) is 3.80. The first-order chi connectivity index (χ1) is 9.53. The largest absolute Gasteiger partial charge is 0.360 e. The van der Waals surface area contributed by atoms with Crippen LogP contribution >= 0.6 is 0 Å². The molecule has 1 aliphatic carbocycles. The Morgan fingerprint density at radius 3 is 2.60 bits per heavy atom. The van der Waals surface area contributed by atoms with Gasteiger partial charge in [-0.05, 0) is 19.8 Å². The van der Waals surface area contributed by atoms with Crippen LogP contribution in [-0.2, 0) is 16.8 Å². The average molecular weight is 300 g/mol. The minimum absolute atomic E-state index is 0.162. The van der Waals surface area contributed by atoms with E-state index in [1.165, 1.54) is 4.31 Å². The summed E-state index contributed by atoms with van der Waals surface area (Å²) in [6.45, 7) is 5.05. The first-order valence-electron chi connectivity index (χ1n) is 6.95. The van der Waals surface area contributed by atoms with Crippen molar-refractivity contribution in [3.63, 3.8) is 0 Å². The second-order valence-electron chi connectivity index (χ2n) is 5.51. The third-order valence-corrected chi connectivity index (χ3v) is 5.30. The zero-order valence-electron chi connectivity index (χ0n) is 11.6. The number of piperazine rings is 1. The number of nitrogens with zero attached hydrogens (tertiary/aromatic N) is 3. The number of rotatable bonds is 5. The molecular weight excluding hydrogens is 280 g/mol. The molecule has 0 unspecified atom stereocenters. The molecule has 0 bridgehead atoms. The fourth-order valence-corrected chi connectivity index (χ4v) is 3.78. The Morgan fingerprint density at radius 2 is 2.05 bits per heavy atom. The minimum atomic E-state index is -3.29. The predicted octanol–water partition coefficient (Wildman–Crippen LogP) is 0.0974. The number of hydrogen-bond acceptors (Lipinski definition) is 5. The van der Waals surface area contributed by atoms with Crippen molar-refractivity contribution in [3.8, 4) is 0 Å². The summed E-state index contributed by atoms with van der Waals surface area (Å²) in [5, 5.41) is 3.86. The summed E-state index contributed by atoms with van der Waals surface area (Å²) >= 11 is 0. The maximum absolute atomic E-state index is 12.1. The Bertz CT molecular complexity index is 559. The van der Waals surface area contributed by atoms with Crippen LogP contribution in [0.5, 0.6) is 0 Å². The third-order valence-electron chi connectivity index (χ3n) is 3.62. The molecule has 0 atom stereocenters. The third kappa shape index (κ3) is 3.38. The van der Waals surface area contributed by atoms with Crippen molar-refractivity contribution in [2.24, 2.45) is 0 Å². The minimum Gasteiger partial charge on any atom is -0.360 e. The first-order valence-corrected chi connectivity index (χ1v) is 8.39. The highest BCUT2D eigenvalue weighted by molar-refractivity contribution is 7.87. The zero-order valence-corrected chi connectivity index (χ0v) is 12.4. The van der Waals surface area contributed by atoms with Gasteiger partial charge in [-0.2, -0.15) is 17.4 Å². The van der Waals surface area contributed by atoms with Gasteiger partial charge in [-0.3, -0.25) is 4.90 Å². The molecule has 3 rings (SSSR count). The van der Waals surface area contributed by atoms with Gasteiger partial charge in [0.25, 0.3) is 10.2 Å². The van der Waals surface area contributed by atoms with Crippen molar-refractivity contribution >= 4 is 10.2 Å². The summed E-state index contributed by atoms with van der Waals surface area (Å²) in [6, 6.07) is 2.08. The maximum Gasteiger partial charge on any atom is 0.279 e. The van der Waals surface area contributed by atoms with E-state index in [9.17, 15) is 8.42 Å². The standard InChI is InChI=1S/C12H20N4O3S/c1-10-8-12(19-13-10)9-15-4-6-16(7-5-15)20(17,18)14-11-2-3-11/h8,11,14H,2-7,9H2,1H3. The monoisotopic (exact) mass is 300 g/mol. The highest BCUT2D eigenvalue weighted by Crippen LogP contribution is 2.21. The van der Waals surface area contributed by atoms with Gasteiger partial charge in [-0.15, -0.1) is 0 Å². The van der Waals surface area contributed by atoms with Gasteiger partial charge in [-0.25, -0.2) is 0 Å². The summed E-state index contributed by atoms with van der Waals surface area (Å²) in [4.78, 5) is 2.18. The van der Waals surface area contributed by atoms with Crippen LogP contribution in [0.25, 0.3) is 0 Å². The lowest BCUT2D eigenvalue weighted by molar-refractivity contribution is 0.165. The molecule has 0 radical (unpaired) electrons. The van der Waals surface area contributed by atoms with Crippen molar-refractivity contribution in [3.05, 3.63) is 17.5 Å². The molecular formula is C12H20N4O3S. The second kappa shape index (κ2) is 5.44. The van der Waals surface area contributed by atoms with Crippen molar-refractivity contribution in [1.82, 2.24) is 19.1 Å². The van der Waals surface area contributed by atoms with Gasteiger partial charge in [0.2, 0.25) is 0 Å². The van der Waals surface area contributed by atoms with E-state index >= 15 is 0 Å². The van der Waals surface area contributed by atoms with Crippen molar-refractivity contribution in [1.29, 1.82) is 0 Å². The summed E-state index contributed by atoms with van der Waals surface area (Å²) in [5.41, 5.74) is 0.870. The van der Waals surface area contributed by atoms with Crippen LogP contribution in [0.15, 0.2) is 10.6 Å². The normalized spacial score (nSPS) is 22.2. The SMILES string of the molecule is Cc1cc(CN2CCN(S(=O)(=O)NC3CC3)CC2)on1. The topological polar surface area (TPSA) is 78.7 Å². The molecule has 112 valence electrons. The van der Waals surface area contributed by atoms with E-state index < -0.39 is 10.2 Å². The van der Waals surface area contributed by atoms with Gasteiger partial charge < -0.3 is 4.52 Å². The Balaban J connectivity index is 1.51. The number of aromatic nitrogens is 1. The molecule has 1 aromatic heterocycles. The maximum atomic E-state index is 12.1. The van der Waals surface area contributed by atoms with Gasteiger partial charge in [0.15, 0.2) is 5.76 Å². The Labute approximate surface area is 119 Å². The molecule has 2 heterocycles. The fraction of sp³-hybridized carbons (Fsp3) is 0.750. The van der Waals surface area contributed by atoms with E-state index in [-0.39, 0.29) is 6.04 Å². The molecule has 20 heavy (non-hydrogen) atoms. The molecule has 1 saturated carbocycles. The van der Waals surface area contributed by atoms with E-state index in [0.717, 1.165) is 24.3 Å². The lowest BCUT2D eigenvalue weighted by atomic mass is 10.3. The van der Waals surface area contributed by atoms with Crippen LogP contribution in [0.2, 0.25) is 0 Å². The van der Waals surface area contributed by atoms with E-state index in [4.69, 9.17) is 4.52 Å². The van der Waals surface area contributed by atoms with Crippen LogP contribution in [0, 0.1) is 6.92 Å². The van der Waals surface area contributed by atoms with E-state index in [1.807, 2.05) is 13.0 Å². The van der Waals surface area contributed by atoms with E-state index in [0.29, 0.717) is 32.7 Å². The zero-order chi connectivity index (χ0) is 14.2. The predicted molar refractivity (Wildman–Crippen MR) is 73.2 cm³/mol. The molecule has 1 N–H and O–H groups in total. The Morgan fingerprint density at radius 1 is 1.35 bits per heavy atom. The molecule has 0 spiro atoms. The van der Waals surface area contributed by atoms with Gasteiger partial charge in [0.1, 0.15) is 0 Å². The van der Waals surface area contributed by atoms with E-state index in [2.05, 4.69) is 14.8 Å². The summed E-state index contributed by atoms with van der Waals surface area (Å²) in [7, 11) is -3.29. The van der Waals surface area contributed by atoms with Crippen LogP contribution < -0.4 is 4.72 Å². The van der Waals surface area contributed by atoms with Crippen molar-refractivity contribution in [2.45, 2.75) is 32.4 Å². The van der Waals surface area contributed by atoms with Gasteiger partial charge in [-0.1, -0.05) is 5.16 Å². The van der Waals surface area contributed by atoms with Crippen LogP contribution in [0.4, 0.5) is 0 Å². The van der Waals surface area contributed by atoms with E-state index in [1.54, 1.807) is 0 Å². The molecule has 7 nitrogen and oxygen atoms in total. The second-order valence-corrected chi connectivity index (χ2v) is 7.21. The van der Waals surface area contributed by atoms with Gasteiger partial charge in [0.05, 0.1) is 12.2 Å². The lowest BCUT2D eigenvalue weighted by Gasteiger charge is -2.33. The summed E-state index contributed by atoms with van der Waals surface area (Å²) in [5.74, 6) is 0.829. The highest BCUT2D eigenvalue weighted by atomic mass is 32.2. The fourth-order valence-electron chi connectivity index (χ4n) is 2.33. The highest BCUT2D eigenvalue weighted by Gasteiger charge is 2.32. The number of nitrogens with one attached hydrogen (secondary N) is 1. The molecule has 8 heteroatoms. The quantitative estimate of drug-likeness (QED) is 0.834. The van der Waals surface area contributed by atoms with Crippen LogP contribution in [0.3, 0.4) is 0 Å². The van der Waals surface area contributed by atoms with Gasteiger partial charge in [0, 0.05) is 38.3 Å². The van der Waals surface area contributed by atoms with Crippen LogP contribution in [-0.4, -0.2) is 55.0 Å². The Hall–Kier alpha value is -0.960. The number of hydrogen-bond donors (Lipinski definition) is 1. The molecule has 0 amide bonds. The molecule has 2 fully saturated rings. The summed E-state index contributed by atoms with van der Waals surface area (Å²) in [6.07, 6.45) is 1.92. The first kappa shape index (κ1) is 14.0. The molecule has 1 aliphatic heterocycles. The number of aryl methyl sites for hydroxylation is 1. The molecule has 0 aromatic carbocycles. The van der Waals surface area contributed by atoms with Gasteiger partial charge >= 0.3 is 0 Å². The molecule has 1 aromatic rings. The van der Waals surface area contributed by atoms with Crippen molar-refractivity contribution in [2.75, 3.05) is 26.2 Å². The summed E-state index contributed by atoms with van der Waals surface area (Å²) < 4.78 is 33.6. The lowest BCUT2D eigenvalue weighted by Crippen LogP contribution is -2.52. The van der Waals surface area contributed by atoms with Crippen molar-refractivity contribution < 1.29 is 12.9 Å². The average Bonchev–Trinajstić information content (AvgIpc) is 3.11. The van der Waals surface area contributed by atoms with Crippen LogP contribution in [0.1, 0.15) is 24.3 Å². The molecule has 1 saturated heterocycles. The molecule has 2 aliphatic rings.